The first kappa shape index (κ1) is 14.3. The highest BCUT2D eigenvalue weighted by atomic mass is 35.5. The summed E-state index contributed by atoms with van der Waals surface area (Å²) in [4.78, 5) is 0. The Bertz CT molecular complexity index is 388. The summed E-state index contributed by atoms with van der Waals surface area (Å²) in [5.41, 5.74) is 5.72. The Hall–Kier alpha value is -0.740. The molecule has 96 valence electrons. The van der Waals surface area contributed by atoms with E-state index in [1.165, 1.54) is 0 Å². The van der Waals surface area contributed by atoms with Crippen LogP contribution in [0.2, 0.25) is 5.02 Å². The highest BCUT2D eigenvalue weighted by Gasteiger charge is 2.34. The minimum absolute atomic E-state index is 0.208. The van der Waals surface area contributed by atoms with Crippen LogP contribution in [0, 0.1) is 6.92 Å². The average Bonchev–Trinajstić information content (AvgIpc) is 2.21. The van der Waals surface area contributed by atoms with Crippen LogP contribution in [0.15, 0.2) is 12.1 Å². The molecule has 0 bridgehead atoms. The summed E-state index contributed by atoms with van der Waals surface area (Å²) in [5.74, 6) is 0. The largest absolute Gasteiger partial charge is 0.417 e. The lowest BCUT2D eigenvalue weighted by Gasteiger charge is -2.13. The van der Waals surface area contributed by atoms with Gasteiger partial charge in [-0.05, 0) is 49.9 Å². The zero-order chi connectivity index (χ0) is 13.1. The molecule has 0 unspecified atom stereocenters. The minimum Gasteiger partial charge on any atom is -0.330 e. The highest BCUT2D eigenvalue weighted by Crippen LogP contribution is 2.37. The van der Waals surface area contributed by atoms with E-state index in [0.29, 0.717) is 24.1 Å². The molecule has 0 spiro atoms. The van der Waals surface area contributed by atoms with Crippen LogP contribution in [0.3, 0.4) is 0 Å². The highest BCUT2D eigenvalue weighted by molar-refractivity contribution is 6.32. The van der Waals surface area contributed by atoms with Gasteiger partial charge in [-0.15, -0.1) is 0 Å². The van der Waals surface area contributed by atoms with E-state index in [2.05, 4.69) is 0 Å². The molecule has 0 radical (unpaired) electrons. The maximum Gasteiger partial charge on any atom is 0.417 e. The van der Waals surface area contributed by atoms with E-state index in [-0.39, 0.29) is 5.02 Å². The molecule has 0 aliphatic rings. The molecule has 1 nitrogen and oxygen atoms in total. The second-order valence-corrected chi connectivity index (χ2v) is 4.40. The Morgan fingerprint density at radius 2 is 1.88 bits per heavy atom. The summed E-state index contributed by atoms with van der Waals surface area (Å²) in [6.45, 7) is 2.14. The lowest BCUT2D eigenvalue weighted by Crippen LogP contribution is -2.08. The molecule has 0 aliphatic heterocycles. The van der Waals surface area contributed by atoms with Crippen molar-refractivity contribution in [2.24, 2.45) is 5.73 Å². The van der Waals surface area contributed by atoms with Gasteiger partial charge in [0, 0.05) is 0 Å². The fourth-order valence-electron chi connectivity index (χ4n) is 1.67. The van der Waals surface area contributed by atoms with Gasteiger partial charge in [0.25, 0.3) is 0 Å². The van der Waals surface area contributed by atoms with Gasteiger partial charge in [-0.2, -0.15) is 13.2 Å². The number of nitrogens with two attached hydrogens (primary N) is 1. The van der Waals surface area contributed by atoms with Gasteiger partial charge < -0.3 is 5.73 Å². The summed E-state index contributed by atoms with van der Waals surface area (Å²) in [7, 11) is 0. The van der Waals surface area contributed by atoms with Crippen LogP contribution in [-0.2, 0) is 12.6 Å². The van der Waals surface area contributed by atoms with Crippen molar-refractivity contribution in [3.05, 3.63) is 33.8 Å². The normalized spacial score (nSPS) is 11.9. The molecule has 0 aliphatic carbocycles. The third kappa shape index (κ3) is 3.89. The molecule has 0 saturated carbocycles. The van der Waals surface area contributed by atoms with E-state index in [4.69, 9.17) is 17.3 Å². The van der Waals surface area contributed by atoms with Crippen molar-refractivity contribution in [3.8, 4) is 0 Å². The van der Waals surface area contributed by atoms with E-state index < -0.39 is 11.7 Å². The Morgan fingerprint density at radius 1 is 1.24 bits per heavy atom. The molecule has 1 aromatic carbocycles. The van der Waals surface area contributed by atoms with Gasteiger partial charge in [-0.3, -0.25) is 0 Å². The smallest absolute Gasteiger partial charge is 0.330 e. The van der Waals surface area contributed by atoms with Crippen molar-refractivity contribution in [2.45, 2.75) is 32.4 Å². The van der Waals surface area contributed by atoms with Gasteiger partial charge in [0.2, 0.25) is 0 Å². The van der Waals surface area contributed by atoms with E-state index in [9.17, 15) is 13.2 Å². The first-order chi connectivity index (χ1) is 7.86. The summed E-state index contributed by atoms with van der Waals surface area (Å²) in [5, 5.41) is -0.208. The standard InChI is InChI=1S/C12H15ClF3N/c1-8-6-9(4-2-3-5-17)7-10(11(8)13)12(14,15)16/h6-7H,2-5,17H2,1H3. The predicted octanol–water partition coefficient (Wildman–Crippen LogP) is 3.95. The summed E-state index contributed by atoms with van der Waals surface area (Å²) < 4.78 is 38.1. The second kappa shape index (κ2) is 5.74. The van der Waals surface area contributed by atoms with Gasteiger partial charge in [-0.1, -0.05) is 17.7 Å². The summed E-state index contributed by atoms with van der Waals surface area (Å²) in [6, 6.07) is 2.83. The van der Waals surface area contributed by atoms with Crippen molar-refractivity contribution >= 4 is 11.6 Å². The van der Waals surface area contributed by atoms with Crippen LogP contribution in [0.5, 0.6) is 0 Å². The Balaban J connectivity index is 2.98. The third-order valence-corrected chi connectivity index (χ3v) is 3.04. The molecule has 0 saturated heterocycles. The number of hydrogen-bond donors (Lipinski definition) is 1. The Labute approximate surface area is 104 Å². The van der Waals surface area contributed by atoms with Crippen LogP contribution >= 0.6 is 11.6 Å². The van der Waals surface area contributed by atoms with Gasteiger partial charge in [0.1, 0.15) is 0 Å². The zero-order valence-corrected chi connectivity index (χ0v) is 10.3. The molecule has 0 aromatic heterocycles. The number of halogens is 4. The van der Waals surface area contributed by atoms with E-state index in [1.54, 1.807) is 13.0 Å². The van der Waals surface area contributed by atoms with Crippen LogP contribution in [0.25, 0.3) is 0 Å². The monoisotopic (exact) mass is 265 g/mol. The van der Waals surface area contributed by atoms with E-state index in [0.717, 1.165) is 18.9 Å². The molecular weight excluding hydrogens is 251 g/mol. The number of alkyl halides is 3. The Kier molecular flexibility index (Phi) is 4.83. The van der Waals surface area contributed by atoms with Crippen molar-refractivity contribution in [2.75, 3.05) is 6.54 Å². The van der Waals surface area contributed by atoms with Crippen molar-refractivity contribution < 1.29 is 13.2 Å². The lowest BCUT2D eigenvalue weighted by atomic mass is 10.0. The first-order valence-electron chi connectivity index (χ1n) is 5.42. The number of rotatable bonds is 4. The number of hydrogen-bond acceptors (Lipinski definition) is 1. The zero-order valence-electron chi connectivity index (χ0n) is 9.57. The molecule has 0 atom stereocenters. The molecule has 1 rings (SSSR count). The van der Waals surface area contributed by atoms with Gasteiger partial charge in [0.15, 0.2) is 0 Å². The predicted molar refractivity (Wildman–Crippen MR) is 63.2 cm³/mol. The Morgan fingerprint density at radius 3 is 2.41 bits per heavy atom. The van der Waals surface area contributed by atoms with Crippen LogP contribution in [0.1, 0.15) is 29.5 Å². The van der Waals surface area contributed by atoms with Crippen molar-refractivity contribution in [1.29, 1.82) is 0 Å². The fourth-order valence-corrected chi connectivity index (χ4v) is 1.88. The fraction of sp³-hybridized carbons (Fsp3) is 0.500. The van der Waals surface area contributed by atoms with Gasteiger partial charge in [-0.25, -0.2) is 0 Å². The summed E-state index contributed by atoms with van der Waals surface area (Å²) >= 11 is 5.67. The maximum atomic E-state index is 12.7. The second-order valence-electron chi connectivity index (χ2n) is 4.02. The molecule has 1 aromatic rings. The molecule has 0 heterocycles. The van der Waals surface area contributed by atoms with E-state index >= 15 is 0 Å². The third-order valence-electron chi connectivity index (χ3n) is 2.54. The molecule has 0 fully saturated rings. The van der Waals surface area contributed by atoms with Crippen molar-refractivity contribution in [3.63, 3.8) is 0 Å². The van der Waals surface area contributed by atoms with Crippen molar-refractivity contribution in [1.82, 2.24) is 0 Å². The molecule has 5 heteroatoms. The quantitative estimate of drug-likeness (QED) is 0.820. The number of unbranched alkanes of at least 4 members (excludes halogenated alkanes) is 1. The SMILES string of the molecule is Cc1cc(CCCCN)cc(C(F)(F)F)c1Cl. The summed E-state index contributed by atoms with van der Waals surface area (Å²) in [6.07, 6.45) is -2.21. The number of benzene rings is 1. The minimum atomic E-state index is -4.40. The van der Waals surface area contributed by atoms with Crippen LogP contribution in [0.4, 0.5) is 13.2 Å². The topological polar surface area (TPSA) is 26.0 Å². The van der Waals surface area contributed by atoms with Gasteiger partial charge >= 0.3 is 6.18 Å². The maximum absolute atomic E-state index is 12.7. The molecular formula is C12H15ClF3N. The molecule has 17 heavy (non-hydrogen) atoms. The number of aryl methyl sites for hydroxylation is 2. The molecule has 2 N–H and O–H groups in total. The van der Waals surface area contributed by atoms with Crippen LogP contribution < -0.4 is 5.73 Å². The lowest BCUT2D eigenvalue weighted by molar-refractivity contribution is -0.137. The van der Waals surface area contributed by atoms with Crippen LogP contribution in [-0.4, -0.2) is 6.54 Å². The first-order valence-corrected chi connectivity index (χ1v) is 5.80. The van der Waals surface area contributed by atoms with E-state index in [1.807, 2.05) is 0 Å². The molecule has 0 amide bonds. The van der Waals surface area contributed by atoms with Gasteiger partial charge in [0.05, 0.1) is 10.6 Å². The average molecular weight is 266 g/mol.